The highest BCUT2D eigenvalue weighted by molar-refractivity contribution is 7.13. The van der Waals surface area contributed by atoms with Crippen LogP contribution in [-0.2, 0) is 0 Å². The summed E-state index contributed by atoms with van der Waals surface area (Å²) in [5.41, 5.74) is 3.05. The van der Waals surface area contributed by atoms with Crippen molar-refractivity contribution in [1.82, 2.24) is 4.98 Å². The lowest BCUT2D eigenvalue weighted by Crippen LogP contribution is -2.12. The number of carbonyl (C=O) groups excluding carboxylic acids is 1. The van der Waals surface area contributed by atoms with Gasteiger partial charge >= 0.3 is 0 Å². The summed E-state index contributed by atoms with van der Waals surface area (Å²) in [4.78, 5) is 16.5. The van der Waals surface area contributed by atoms with Crippen molar-refractivity contribution < 1.29 is 9.18 Å². The van der Waals surface area contributed by atoms with E-state index in [9.17, 15) is 9.18 Å². The molecule has 5 heteroatoms. The molecule has 3 aromatic rings. The maximum absolute atomic E-state index is 12.8. The largest absolute Gasteiger partial charge is 0.321 e. The third kappa shape index (κ3) is 3.20. The predicted octanol–water partition coefficient (Wildman–Crippen LogP) is 4.51. The van der Waals surface area contributed by atoms with Crippen molar-refractivity contribution in [3.05, 3.63) is 71.0 Å². The van der Waals surface area contributed by atoms with Gasteiger partial charge in [-0.25, -0.2) is 9.37 Å². The highest BCUT2D eigenvalue weighted by Gasteiger charge is 2.12. The molecule has 0 atom stereocenters. The Morgan fingerprint density at radius 1 is 1.09 bits per heavy atom. The molecule has 1 N–H and O–H groups in total. The Labute approximate surface area is 131 Å². The van der Waals surface area contributed by atoms with Crippen LogP contribution in [0, 0.1) is 12.7 Å². The summed E-state index contributed by atoms with van der Waals surface area (Å²) in [5, 5.41) is 5.21. The highest BCUT2D eigenvalue weighted by Crippen LogP contribution is 2.24. The van der Waals surface area contributed by atoms with Crippen molar-refractivity contribution in [2.24, 2.45) is 0 Å². The van der Waals surface area contributed by atoms with Crippen LogP contribution in [0.25, 0.3) is 10.6 Å². The number of hydrogen-bond acceptors (Lipinski definition) is 3. The molecule has 1 aromatic heterocycles. The first-order valence-electron chi connectivity index (χ1n) is 6.71. The predicted molar refractivity (Wildman–Crippen MR) is 86.6 cm³/mol. The first kappa shape index (κ1) is 14.4. The average molecular weight is 312 g/mol. The number of carbonyl (C=O) groups is 1. The molecule has 0 aliphatic rings. The van der Waals surface area contributed by atoms with E-state index in [2.05, 4.69) is 10.3 Å². The van der Waals surface area contributed by atoms with Crippen molar-refractivity contribution in [1.29, 1.82) is 0 Å². The molecule has 0 aliphatic heterocycles. The molecule has 110 valence electrons. The molecule has 0 spiro atoms. The van der Waals surface area contributed by atoms with Crippen molar-refractivity contribution in [2.75, 3.05) is 5.32 Å². The van der Waals surface area contributed by atoms with Crippen LogP contribution in [0.1, 0.15) is 16.1 Å². The van der Waals surface area contributed by atoms with Crippen LogP contribution in [0.2, 0.25) is 0 Å². The van der Waals surface area contributed by atoms with E-state index in [1.54, 1.807) is 5.38 Å². The van der Waals surface area contributed by atoms with E-state index in [1.165, 1.54) is 41.2 Å². The summed E-state index contributed by atoms with van der Waals surface area (Å²) in [5.74, 6) is -0.644. The van der Waals surface area contributed by atoms with Crippen LogP contribution in [0.4, 0.5) is 10.1 Å². The summed E-state index contributed by atoms with van der Waals surface area (Å²) in [6.45, 7) is 2.02. The lowest BCUT2D eigenvalue weighted by Gasteiger charge is -2.02. The molecule has 0 radical (unpaired) electrons. The molecular weight excluding hydrogens is 299 g/mol. The zero-order valence-electron chi connectivity index (χ0n) is 11.8. The number of halogens is 1. The van der Waals surface area contributed by atoms with Crippen molar-refractivity contribution in [2.45, 2.75) is 6.92 Å². The normalized spacial score (nSPS) is 10.5. The van der Waals surface area contributed by atoms with Crippen LogP contribution in [0.5, 0.6) is 0 Å². The van der Waals surface area contributed by atoms with Gasteiger partial charge in [0.2, 0.25) is 0 Å². The van der Waals surface area contributed by atoms with Gasteiger partial charge in [0.15, 0.2) is 0 Å². The Morgan fingerprint density at radius 3 is 2.45 bits per heavy atom. The Balaban J connectivity index is 1.76. The number of benzene rings is 2. The van der Waals surface area contributed by atoms with Gasteiger partial charge in [0.25, 0.3) is 5.91 Å². The quantitative estimate of drug-likeness (QED) is 0.773. The van der Waals surface area contributed by atoms with Crippen LogP contribution < -0.4 is 5.32 Å². The minimum atomic E-state index is -0.340. The summed E-state index contributed by atoms with van der Waals surface area (Å²) in [7, 11) is 0. The van der Waals surface area contributed by atoms with Crippen LogP contribution in [-0.4, -0.2) is 10.9 Å². The molecule has 3 rings (SSSR count). The SMILES string of the molecule is Cc1ccc(-c2nc(C(=O)Nc3ccc(F)cc3)cs2)cc1. The van der Waals surface area contributed by atoms with E-state index < -0.39 is 0 Å². The molecule has 0 aliphatic carbocycles. The second kappa shape index (κ2) is 6.07. The monoisotopic (exact) mass is 312 g/mol. The molecule has 3 nitrogen and oxygen atoms in total. The van der Waals surface area contributed by atoms with Crippen molar-refractivity contribution in [3.63, 3.8) is 0 Å². The van der Waals surface area contributed by atoms with Crippen molar-refractivity contribution in [3.8, 4) is 10.6 Å². The van der Waals surface area contributed by atoms with Gasteiger partial charge in [-0.05, 0) is 31.2 Å². The van der Waals surface area contributed by atoms with Crippen LogP contribution in [0.15, 0.2) is 53.9 Å². The molecule has 0 saturated heterocycles. The topological polar surface area (TPSA) is 42.0 Å². The van der Waals surface area contributed by atoms with E-state index in [0.29, 0.717) is 11.4 Å². The molecule has 1 amide bonds. The first-order chi connectivity index (χ1) is 10.6. The van der Waals surface area contributed by atoms with Gasteiger partial charge < -0.3 is 5.32 Å². The Kier molecular flexibility index (Phi) is 3.98. The van der Waals surface area contributed by atoms with Gasteiger partial charge in [-0.3, -0.25) is 4.79 Å². The van der Waals surface area contributed by atoms with E-state index in [1.807, 2.05) is 31.2 Å². The summed E-state index contributed by atoms with van der Waals surface area (Å²) < 4.78 is 12.8. The molecule has 1 heterocycles. The average Bonchev–Trinajstić information content (AvgIpc) is 3.00. The maximum atomic E-state index is 12.8. The fraction of sp³-hybridized carbons (Fsp3) is 0.0588. The summed E-state index contributed by atoms with van der Waals surface area (Å²) in [6, 6.07) is 13.6. The minimum Gasteiger partial charge on any atom is -0.321 e. The molecule has 0 unspecified atom stereocenters. The van der Waals surface area contributed by atoms with E-state index in [4.69, 9.17) is 0 Å². The third-order valence-corrected chi connectivity index (χ3v) is 4.03. The Morgan fingerprint density at radius 2 is 1.77 bits per heavy atom. The smallest absolute Gasteiger partial charge is 0.275 e. The van der Waals surface area contributed by atoms with E-state index in [0.717, 1.165) is 10.6 Å². The fourth-order valence-electron chi connectivity index (χ4n) is 1.94. The molecule has 22 heavy (non-hydrogen) atoms. The van der Waals surface area contributed by atoms with Gasteiger partial charge in [-0.1, -0.05) is 29.8 Å². The van der Waals surface area contributed by atoms with Crippen LogP contribution >= 0.6 is 11.3 Å². The molecule has 0 bridgehead atoms. The number of aryl methyl sites for hydroxylation is 1. The summed E-state index contributed by atoms with van der Waals surface area (Å²) in [6.07, 6.45) is 0. The second-order valence-corrected chi connectivity index (χ2v) is 5.72. The number of nitrogens with zero attached hydrogens (tertiary/aromatic N) is 1. The summed E-state index contributed by atoms with van der Waals surface area (Å²) >= 11 is 1.42. The van der Waals surface area contributed by atoms with Gasteiger partial charge in [-0.2, -0.15) is 0 Å². The number of thiazole rings is 1. The number of rotatable bonds is 3. The van der Waals surface area contributed by atoms with E-state index in [-0.39, 0.29) is 11.7 Å². The zero-order chi connectivity index (χ0) is 15.5. The maximum Gasteiger partial charge on any atom is 0.275 e. The third-order valence-electron chi connectivity index (χ3n) is 3.14. The van der Waals surface area contributed by atoms with Crippen molar-refractivity contribution >= 4 is 22.9 Å². The lowest BCUT2D eigenvalue weighted by atomic mass is 10.2. The van der Waals surface area contributed by atoms with Gasteiger partial charge in [-0.15, -0.1) is 11.3 Å². The number of amides is 1. The molecule has 2 aromatic carbocycles. The van der Waals surface area contributed by atoms with Gasteiger partial charge in [0, 0.05) is 16.6 Å². The Hall–Kier alpha value is -2.53. The number of hydrogen-bond donors (Lipinski definition) is 1. The minimum absolute atomic E-state index is 0.304. The first-order valence-corrected chi connectivity index (χ1v) is 7.59. The highest BCUT2D eigenvalue weighted by atomic mass is 32.1. The lowest BCUT2D eigenvalue weighted by molar-refractivity contribution is 0.102. The number of aromatic nitrogens is 1. The van der Waals surface area contributed by atoms with Gasteiger partial charge in [0.1, 0.15) is 16.5 Å². The number of anilines is 1. The van der Waals surface area contributed by atoms with Crippen LogP contribution in [0.3, 0.4) is 0 Å². The second-order valence-electron chi connectivity index (χ2n) is 4.86. The standard InChI is InChI=1S/C17H13FN2OS/c1-11-2-4-12(5-3-11)17-20-15(10-22-17)16(21)19-14-8-6-13(18)7-9-14/h2-10H,1H3,(H,19,21). The molecular formula is C17H13FN2OS. The number of nitrogens with one attached hydrogen (secondary N) is 1. The fourth-order valence-corrected chi connectivity index (χ4v) is 2.74. The zero-order valence-corrected chi connectivity index (χ0v) is 12.7. The molecule has 0 saturated carbocycles. The molecule has 0 fully saturated rings. The Bertz CT molecular complexity index is 794. The van der Waals surface area contributed by atoms with Gasteiger partial charge in [0.05, 0.1) is 0 Å². The van der Waals surface area contributed by atoms with E-state index >= 15 is 0 Å².